The first kappa shape index (κ1) is 22.5. The first-order valence-corrected chi connectivity index (χ1v) is 12.4. The predicted molar refractivity (Wildman–Crippen MR) is 122 cm³/mol. The van der Waals surface area contributed by atoms with Crippen LogP contribution in [0.3, 0.4) is 0 Å². The predicted octanol–water partition coefficient (Wildman–Crippen LogP) is 3.98. The molecule has 2 atom stereocenters. The number of aliphatic carboxylic acids is 1. The smallest absolute Gasteiger partial charge is 0.306 e. The molecule has 0 bridgehead atoms. The van der Waals surface area contributed by atoms with E-state index in [1.54, 1.807) is 0 Å². The highest BCUT2D eigenvalue weighted by molar-refractivity contribution is 5.88. The fraction of sp³-hybridized carbons (Fsp3) is 0.680. The summed E-state index contributed by atoms with van der Waals surface area (Å²) in [6.07, 6.45) is 6.90. The zero-order chi connectivity index (χ0) is 22.6. The Labute approximate surface area is 194 Å². The Hall–Kier alpha value is -2.32. The van der Waals surface area contributed by atoms with Crippen LogP contribution in [0, 0.1) is 17.8 Å². The molecular weight excluding hydrogens is 424 g/mol. The van der Waals surface area contributed by atoms with Gasteiger partial charge >= 0.3 is 5.97 Å². The number of piperidine rings is 1. The van der Waals surface area contributed by atoms with Gasteiger partial charge in [0, 0.05) is 19.4 Å². The lowest BCUT2D eigenvalue weighted by Gasteiger charge is -2.34. The summed E-state index contributed by atoms with van der Waals surface area (Å²) < 4.78 is 23.3. The topological polar surface area (TPSA) is 94.3 Å². The number of carboxylic acid groups (broad SMARTS) is 1. The lowest BCUT2D eigenvalue weighted by molar-refractivity contribution is -0.143. The second-order valence-electron chi connectivity index (χ2n) is 9.74. The number of rotatable bonds is 8. The lowest BCUT2D eigenvalue weighted by atomic mass is 9.93. The van der Waals surface area contributed by atoms with Gasteiger partial charge in [0.15, 0.2) is 5.58 Å². The Kier molecular flexibility index (Phi) is 7.02. The highest BCUT2D eigenvalue weighted by Gasteiger charge is 2.34. The molecule has 1 aromatic heterocycles. The molecule has 0 spiro atoms. The minimum atomic E-state index is -0.624. The van der Waals surface area contributed by atoms with Gasteiger partial charge in [-0.15, -0.1) is 0 Å². The van der Waals surface area contributed by atoms with E-state index in [1.165, 1.54) is 0 Å². The molecule has 1 aliphatic carbocycles. The molecule has 2 aromatic rings. The van der Waals surface area contributed by atoms with Crippen molar-refractivity contribution in [2.75, 3.05) is 39.5 Å². The van der Waals surface area contributed by atoms with Crippen molar-refractivity contribution in [2.45, 2.75) is 51.0 Å². The summed E-state index contributed by atoms with van der Waals surface area (Å²) in [5.74, 6) is 1.23. The second-order valence-corrected chi connectivity index (χ2v) is 9.74. The van der Waals surface area contributed by atoms with Gasteiger partial charge in [0.1, 0.15) is 17.2 Å². The number of aromatic nitrogens is 1. The fourth-order valence-electron chi connectivity index (χ4n) is 5.55. The summed E-state index contributed by atoms with van der Waals surface area (Å²) in [6.45, 7) is 4.95. The van der Waals surface area contributed by atoms with Crippen LogP contribution in [0.15, 0.2) is 22.7 Å². The Morgan fingerprint density at radius 2 is 1.94 bits per heavy atom. The Balaban J connectivity index is 1.14. The van der Waals surface area contributed by atoms with E-state index >= 15 is 0 Å². The molecule has 5 rings (SSSR count). The van der Waals surface area contributed by atoms with Gasteiger partial charge in [-0.1, -0.05) is 12.5 Å². The molecule has 2 unspecified atom stereocenters. The van der Waals surface area contributed by atoms with Gasteiger partial charge in [-0.05, 0) is 67.9 Å². The maximum Gasteiger partial charge on any atom is 0.306 e. The van der Waals surface area contributed by atoms with E-state index in [0.717, 1.165) is 88.9 Å². The van der Waals surface area contributed by atoms with E-state index in [1.807, 2.05) is 18.2 Å². The third-order valence-electron chi connectivity index (χ3n) is 7.52. The largest absolute Gasteiger partial charge is 0.489 e. The molecule has 1 N–H and O–H groups in total. The quantitative estimate of drug-likeness (QED) is 0.635. The molecule has 3 aliphatic rings. The van der Waals surface area contributed by atoms with E-state index < -0.39 is 5.97 Å². The van der Waals surface area contributed by atoms with Gasteiger partial charge in [-0.3, -0.25) is 4.79 Å². The molecule has 2 aliphatic heterocycles. The molecule has 8 nitrogen and oxygen atoms in total. The summed E-state index contributed by atoms with van der Waals surface area (Å²) in [7, 11) is 0. The van der Waals surface area contributed by atoms with Crippen LogP contribution >= 0.6 is 0 Å². The number of carboxylic acids is 1. The normalized spacial score (nSPS) is 25.5. The molecule has 8 heteroatoms. The van der Waals surface area contributed by atoms with Crippen LogP contribution in [0.2, 0.25) is 0 Å². The van der Waals surface area contributed by atoms with Crippen LogP contribution in [0.4, 0.5) is 0 Å². The van der Waals surface area contributed by atoms with E-state index in [9.17, 15) is 9.90 Å². The van der Waals surface area contributed by atoms with Crippen LogP contribution in [-0.4, -0.2) is 66.7 Å². The average molecular weight is 459 g/mol. The number of fused-ring (bicyclic) bond motifs is 1. The summed E-state index contributed by atoms with van der Waals surface area (Å²) in [4.78, 5) is 13.9. The summed E-state index contributed by atoms with van der Waals surface area (Å²) in [6, 6.07) is 5.76. The maximum absolute atomic E-state index is 11.5. The molecule has 0 radical (unpaired) electrons. The standard InChI is InChI=1S/C25H34N2O6/c28-25(29)20-4-1-3-18(20)15-27-11-7-17(8-12-27)16-31-24-23-21(5-2-6-22(23)33-26-24)32-19-9-13-30-14-10-19/h2,5-6,17-20H,1,3-4,7-16H2,(H,28,29). The monoisotopic (exact) mass is 458 g/mol. The van der Waals surface area contributed by atoms with Crippen molar-refractivity contribution in [1.29, 1.82) is 0 Å². The van der Waals surface area contributed by atoms with Gasteiger partial charge < -0.3 is 28.7 Å². The van der Waals surface area contributed by atoms with E-state index in [-0.39, 0.29) is 12.0 Å². The Bertz CT molecular complexity index is 932. The zero-order valence-corrected chi connectivity index (χ0v) is 19.1. The van der Waals surface area contributed by atoms with Crippen LogP contribution in [0.25, 0.3) is 11.0 Å². The molecule has 2 saturated heterocycles. The number of nitrogens with zero attached hydrogens (tertiary/aromatic N) is 2. The second kappa shape index (κ2) is 10.3. The third kappa shape index (κ3) is 5.27. The van der Waals surface area contributed by atoms with Crippen molar-refractivity contribution in [3.8, 4) is 11.6 Å². The van der Waals surface area contributed by atoms with Crippen molar-refractivity contribution in [3.05, 3.63) is 18.2 Å². The SMILES string of the molecule is O=C(O)C1CCCC1CN1CCC(COc2noc3cccc(OC4CCOCC4)c23)CC1. The van der Waals surface area contributed by atoms with Crippen LogP contribution in [-0.2, 0) is 9.53 Å². The number of ether oxygens (including phenoxy) is 3. The molecule has 180 valence electrons. The number of likely N-dealkylation sites (tertiary alicyclic amines) is 1. The van der Waals surface area contributed by atoms with Crippen molar-refractivity contribution < 1.29 is 28.6 Å². The van der Waals surface area contributed by atoms with Gasteiger partial charge in [0.05, 0.1) is 25.7 Å². The summed E-state index contributed by atoms with van der Waals surface area (Å²) in [5, 5.41) is 14.4. The fourth-order valence-corrected chi connectivity index (χ4v) is 5.55. The van der Waals surface area contributed by atoms with Gasteiger partial charge in [0.25, 0.3) is 5.88 Å². The van der Waals surface area contributed by atoms with Crippen molar-refractivity contribution in [3.63, 3.8) is 0 Å². The maximum atomic E-state index is 11.5. The van der Waals surface area contributed by atoms with Gasteiger partial charge in [-0.2, -0.15) is 0 Å². The molecular formula is C25H34N2O6. The first-order valence-electron chi connectivity index (χ1n) is 12.4. The molecule has 0 amide bonds. The number of benzene rings is 1. The highest BCUT2D eigenvalue weighted by Crippen LogP contribution is 2.36. The minimum Gasteiger partial charge on any atom is -0.489 e. The van der Waals surface area contributed by atoms with E-state index in [4.69, 9.17) is 18.7 Å². The Morgan fingerprint density at radius 1 is 1.12 bits per heavy atom. The molecule has 3 fully saturated rings. The van der Waals surface area contributed by atoms with Crippen molar-refractivity contribution in [1.82, 2.24) is 10.1 Å². The minimum absolute atomic E-state index is 0.136. The van der Waals surface area contributed by atoms with E-state index in [2.05, 4.69) is 10.1 Å². The molecule has 33 heavy (non-hydrogen) atoms. The number of hydrogen-bond donors (Lipinski definition) is 1. The van der Waals surface area contributed by atoms with Crippen LogP contribution in [0.1, 0.15) is 44.9 Å². The number of hydrogen-bond acceptors (Lipinski definition) is 7. The van der Waals surface area contributed by atoms with Crippen molar-refractivity contribution in [2.24, 2.45) is 17.8 Å². The number of carbonyl (C=O) groups is 1. The summed E-state index contributed by atoms with van der Waals surface area (Å²) in [5.41, 5.74) is 0.675. The van der Waals surface area contributed by atoms with Crippen LogP contribution < -0.4 is 9.47 Å². The van der Waals surface area contributed by atoms with Crippen LogP contribution in [0.5, 0.6) is 11.6 Å². The zero-order valence-electron chi connectivity index (χ0n) is 19.1. The lowest BCUT2D eigenvalue weighted by Crippen LogP contribution is -2.40. The van der Waals surface area contributed by atoms with Crippen molar-refractivity contribution >= 4 is 16.9 Å². The third-order valence-corrected chi connectivity index (χ3v) is 7.52. The highest BCUT2D eigenvalue weighted by atomic mass is 16.5. The molecule has 1 saturated carbocycles. The average Bonchev–Trinajstić information content (AvgIpc) is 3.47. The molecule has 1 aromatic carbocycles. The van der Waals surface area contributed by atoms with Gasteiger partial charge in [0.2, 0.25) is 0 Å². The summed E-state index contributed by atoms with van der Waals surface area (Å²) >= 11 is 0. The Morgan fingerprint density at radius 3 is 2.73 bits per heavy atom. The van der Waals surface area contributed by atoms with Gasteiger partial charge in [-0.25, -0.2) is 0 Å². The van der Waals surface area contributed by atoms with E-state index in [0.29, 0.717) is 29.9 Å². The molecule has 3 heterocycles. The first-order chi connectivity index (χ1) is 16.2.